The molecule has 6 heteroatoms. The van der Waals surface area contributed by atoms with E-state index in [2.05, 4.69) is 27.4 Å². The first-order chi connectivity index (χ1) is 14.2. The quantitative estimate of drug-likeness (QED) is 0.697. The highest BCUT2D eigenvalue weighted by Gasteiger charge is 2.25. The molecule has 0 aliphatic carbocycles. The van der Waals surface area contributed by atoms with Crippen LogP contribution in [0.2, 0.25) is 0 Å². The first-order valence-corrected chi connectivity index (χ1v) is 10.4. The molecule has 5 rings (SSSR count). The zero-order chi connectivity index (χ0) is 19.8. The Kier molecular flexibility index (Phi) is 5.08. The molecule has 152 valence electrons. The van der Waals surface area contributed by atoms with Crippen LogP contribution in [-0.4, -0.2) is 42.9 Å². The Labute approximate surface area is 169 Å². The second-order valence-corrected chi connectivity index (χ2v) is 7.99. The van der Waals surface area contributed by atoms with Gasteiger partial charge in [-0.25, -0.2) is 9.37 Å². The summed E-state index contributed by atoms with van der Waals surface area (Å²) in [5.74, 6) is 0.250. The van der Waals surface area contributed by atoms with Crippen LogP contribution in [0.5, 0.6) is 0 Å². The van der Waals surface area contributed by atoms with Crippen LogP contribution in [0.3, 0.4) is 0 Å². The van der Waals surface area contributed by atoms with Crippen LogP contribution in [0.1, 0.15) is 41.5 Å². The number of aromatic nitrogens is 2. The zero-order valence-corrected chi connectivity index (χ0v) is 16.6. The summed E-state index contributed by atoms with van der Waals surface area (Å²) < 4.78 is 26.7. The van der Waals surface area contributed by atoms with Gasteiger partial charge in [-0.2, -0.15) is 0 Å². The molecule has 2 aromatic heterocycles. The van der Waals surface area contributed by atoms with Crippen molar-refractivity contribution in [3.05, 3.63) is 53.1 Å². The van der Waals surface area contributed by atoms with E-state index in [9.17, 15) is 0 Å². The first kappa shape index (κ1) is 18.7. The van der Waals surface area contributed by atoms with Gasteiger partial charge in [-0.3, -0.25) is 0 Å². The largest absolute Gasteiger partial charge is 0.381 e. The first-order valence-electron chi connectivity index (χ1n) is 10.4. The number of hydrogen-bond donors (Lipinski definition) is 2. The number of nitrogens with zero attached hydrogens (tertiary/aromatic N) is 1. The Balaban J connectivity index is 1.61. The number of hydrogen-bond acceptors (Lipinski definition) is 4. The van der Waals surface area contributed by atoms with E-state index in [0.29, 0.717) is 29.1 Å². The minimum atomic E-state index is -0.216. The van der Waals surface area contributed by atoms with Crippen molar-refractivity contribution in [3.8, 4) is 11.1 Å². The second kappa shape index (κ2) is 7.86. The number of fused-ring (bicyclic) bond motifs is 1. The number of nitrogens with one attached hydrogen (secondary N) is 2. The smallest absolute Gasteiger partial charge is 0.143 e. The number of halogens is 1. The Morgan fingerprint density at radius 1 is 1.10 bits per heavy atom. The van der Waals surface area contributed by atoms with Gasteiger partial charge in [0, 0.05) is 37.7 Å². The molecule has 0 radical (unpaired) electrons. The highest BCUT2D eigenvalue weighted by atomic mass is 19.1. The molecule has 0 spiro atoms. The number of aryl methyl sites for hydroxylation is 1. The molecular formula is C23H26FN3O2. The lowest BCUT2D eigenvalue weighted by molar-refractivity contribution is 0.0740. The minimum Gasteiger partial charge on any atom is -0.381 e. The van der Waals surface area contributed by atoms with E-state index in [1.165, 1.54) is 11.1 Å². The number of rotatable bonds is 3. The maximum absolute atomic E-state index is 15.4. The summed E-state index contributed by atoms with van der Waals surface area (Å²) >= 11 is 0. The summed E-state index contributed by atoms with van der Waals surface area (Å²) in [4.78, 5) is 7.47. The molecular weight excluding hydrogens is 369 g/mol. The molecule has 4 heterocycles. The number of aromatic amines is 1. The Hall–Kier alpha value is -2.28. The van der Waals surface area contributed by atoms with Gasteiger partial charge in [0.1, 0.15) is 11.5 Å². The predicted octanol–water partition coefficient (Wildman–Crippen LogP) is 4.23. The van der Waals surface area contributed by atoms with Crippen molar-refractivity contribution in [2.75, 3.05) is 33.0 Å². The van der Waals surface area contributed by atoms with Crippen molar-refractivity contribution in [2.24, 2.45) is 0 Å². The van der Waals surface area contributed by atoms with Crippen LogP contribution in [0.25, 0.3) is 22.2 Å². The number of ether oxygens (including phenoxy) is 2. The third kappa shape index (κ3) is 3.45. The van der Waals surface area contributed by atoms with E-state index in [4.69, 9.17) is 9.47 Å². The number of pyridine rings is 1. The molecule has 2 fully saturated rings. The lowest BCUT2D eigenvalue weighted by Crippen LogP contribution is -2.35. The summed E-state index contributed by atoms with van der Waals surface area (Å²) in [5, 5.41) is 4.14. The average molecular weight is 395 g/mol. The fourth-order valence-electron chi connectivity index (χ4n) is 4.60. The van der Waals surface area contributed by atoms with Crippen LogP contribution in [0.4, 0.5) is 4.39 Å². The van der Waals surface area contributed by atoms with Gasteiger partial charge < -0.3 is 19.8 Å². The van der Waals surface area contributed by atoms with Crippen molar-refractivity contribution in [1.82, 2.24) is 15.3 Å². The predicted molar refractivity (Wildman–Crippen MR) is 111 cm³/mol. The molecule has 2 saturated heterocycles. The average Bonchev–Trinajstić information content (AvgIpc) is 3.16. The van der Waals surface area contributed by atoms with Gasteiger partial charge in [0.05, 0.1) is 24.6 Å². The molecule has 0 bridgehead atoms. The van der Waals surface area contributed by atoms with E-state index in [1.807, 2.05) is 13.0 Å². The number of H-pyrrole nitrogens is 1. The van der Waals surface area contributed by atoms with E-state index in [0.717, 1.165) is 50.3 Å². The Morgan fingerprint density at radius 2 is 1.97 bits per heavy atom. The topological polar surface area (TPSA) is 59.2 Å². The van der Waals surface area contributed by atoms with Crippen molar-refractivity contribution >= 4 is 11.0 Å². The highest BCUT2D eigenvalue weighted by Crippen LogP contribution is 2.37. The summed E-state index contributed by atoms with van der Waals surface area (Å²) in [5.41, 5.74) is 5.39. The standard InChI is InChI=1S/C23H26FN3O2/c1-14-11-26-23-21(14)22(24)19(12-27-23)16-2-3-17(15-4-7-28-8-5-15)18(10-16)20-13-29-9-6-25-20/h2-3,10-12,15,20,25H,4-9,13H2,1H3,(H,26,27). The van der Waals surface area contributed by atoms with E-state index in [-0.39, 0.29) is 11.9 Å². The fraction of sp³-hybridized carbons (Fsp3) is 0.435. The molecule has 0 amide bonds. The monoisotopic (exact) mass is 395 g/mol. The van der Waals surface area contributed by atoms with Crippen molar-refractivity contribution in [1.29, 1.82) is 0 Å². The number of benzene rings is 1. The van der Waals surface area contributed by atoms with Crippen LogP contribution in [-0.2, 0) is 9.47 Å². The van der Waals surface area contributed by atoms with Crippen molar-refractivity contribution in [3.63, 3.8) is 0 Å². The van der Waals surface area contributed by atoms with Gasteiger partial charge in [-0.15, -0.1) is 0 Å². The zero-order valence-electron chi connectivity index (χ0n) is 16.6. The van der Waals surface area contributed by atoms with Crippen LogP contribution >= 0.6 is 0 Å². The molecule has 1 atom stereocenters. The number of morpholine rings is 1. The van der Waals surface area contributed by atoms with Crippen molar-refractivity contribution in [2.45, 2.75) is 31.7 Å². The molecule has 29 heavy (non-hydrogen) atoms. The lowest BCUT2D eigenvalue weighted by atomic mass is 9.84. The maximum Gasteiger partial charge on any atom is 0.143 e. The normalized spacial score (nSPS) is 21.0. The van der Waals surface area contributed by atoms with E-state index < -0.39 is 0 Å². The van der Waals surface area contributed by atoms with Crippen LogP contribution in [0.15, 0.2) is 30.6 Å². The van der Waals surface area contributed by atoms with E-state index in [1.54, 1.807) is 12.4 Å². The summed E-state index contributed by atoms with van der Waals surface area (Å²) in [6.45, 7) is 5.68. The Bertz CT molecular complexity index is 1020. The van der Waals surface area contributed by atoms with Gasteiger partial charge in [0.15, 0.2) is 0 Å². The molecule has 2 aliphatic heterocycles. The van der Waals surface area contributed by atoms with Gasteiger partial charge in [-0.1, -0.05) is 12.1 Å². The van der Waals surface area contributed by atoms with E-state index >= 15 is 4.39 Å². The fourth-order valence-corrected chi connectivity index (χ4v) is 4.60. The summed E-state index contributed by atoms with van der Waals surface area (Å²) in [7, 11) is 0. The molecule has 1 unspecified atom stereocenters. The van der Waals surface area contributed by atoms with Crippen molar-refractivity contribution < 1.29 is 13.9 Å². The third-order valence-electron chi connectivity index (χ3n) is 6.19. The summed E-state index contributed by atoms with van der Waals surface area (Å²) in [6.07, 6.45) is 5.47. The van der Waals surface area contributed by atoms with Gasteiger partial charge in [0.25, 0.3) is 0 Å². The van der Waals surface area contributed by atoms with Gasteiger partial charge in [-0.05, 0) is 54.0 Å². The Morgan fingerprint density at radius 3 is 2.76 bits per heavy atom. The summed E-state index contributed by atoms with van der Waals surface area (Å²) in [6, 6.07) is 6.46. The second-order valence-electron chi connectivity index (χ2n) is 7.99. The molecule has 2 aliphatic rings. The highest BCUT2D eigenvalue weighted by molar-refractivity contribution is 5.85. The molecule has 1 aromatic carbocycles. The molecule has 5 nitrogen and oxygen atoms in total. The van der Waals surface area contributed by atoms with Gasteiger partial charge in [0.2, 0.25) is 0 Å². The lowest BCUT2D eigenvalue weighted by Gasteiger charge is -2.31. The third-order valence-corrected chi connectivity index (χ3v) is 6.19. The molecule has 3 aromatic rings. The molecule has 0 saturated carbocycles. The van der Waals surface area contributed by atoms with Gasteiger partial charge >= 0.3 is 0 Å². The maximum atomic E-state index is 15.4. The molecule has 2 N–H and O–H groups in total. The van der Waals surface area contributed by atoms with Crippen LogP contribution in [0, 0.1) is 12.7 Å². The minimum absolute atomic E-state index is 0.121. The van der Waals surface area contributed by atoms with Crippen LogP contribution < -0.4 is 5.32 Å². The SMILES string of the molecule is Cc1c[nH]c2ncc(-c3ccc(C4CCOCC4)c(C4COCCN4)c3)c(F)c12.